The number of nitrogens with zero attached hydrogens (tertiary/aromatic N) is 1. The van der Waals surface area contributed by atoms with Crippen LogP contribution < -0.4 is 0 Å². The molecule has 0 aromatic rings. The first-order valence-corrected chi connectivity index (χ1v) is 2.54. The highest BCUT2D eigenvalue weighted by Gasteiger charge is 1.99. The van der Waals surface area contributed by atoms with E-state index in [1.165, 1.54) is 0 Å². The molecule has 0 saturated heterocycles. The summed E-state index contributed by atoms with van der Waals surface area (Å²) in [6.07, 6.45) is 0. The van der Waals surface area contributed by atoms with E-state index in [0.717, 1.165) is 0 Å². The monoisotopic (exact) mass is 143 g/mol. The van der Waals surface area contributed by atoms with Crippen molar-refractivity contribution in [3.63, 3.8) is 0 Å². The van der Waals surface area contributed by atoms with Gasteiger partial charge in [-0.2, -0.15) is 0 Å². The van der Waals surface area contributed by atoms with Crippen LogP contribution in [0.3, 0.4) is 0 Å². The summed E-state index contributed by atoms with van der Waals surface area (Å²) in [6.45, 7) is 3.24. The van der Waals surface area contributed by atoms with Gasteiger partial charge in [0.15, 0.2) is 0 Å². The first-order chi connectivity index (χ1) is 4.18. The van der Waals surface area contributed by atoms with Crippen molar-refractivity contribution in [2.45, 2.75) is 0 Å². The molecule has 3 nitrogen and oxygen atoms in total. The summed E-state index contributed by atoms with van der Waals surface area (Å²) < 4.78 is 0. The molecule has 0 fully saturated rings. The van der Waals surface area contributed by atoms with Gasteiger partial charge in [0, 0.05) is 0 Å². The average molecular weight is 143 g/mol. The first-order valence-electron chi connectivity index (χ1n) is 2.13. The van der Waals surface area contributed by atoms with E-state index in [0.29, 0.717) is 0 Å². The van der Waals surface area contributed by atoms with Gasteiger partial charge in [-0.15, -0.1) is 0 Å². The van der Waals surface area contributed by atoms with Gasteiger partial charge in [-0.25, -0.2) is 9.79 Å². The second-order valence-electron chi connectivity index (χ2n) is 1.32. The number of carboxylic acids is 1. The van der Waals surface area contributed by atoms with E-state index >= 15 is 0 Å². The number of hydrogen-bond acceptors (Lipinski definition) is 3. The molecular formula is C5H5NO2S. The Morgan fingerprint density at radius 3 is 2.78 bits per heavy atom. The van der Waals surface area contributed by atoms with Gasteiger partial charge in [-0.3, -0.25) is 0 Å². The summed E-state index contributed by atoms with van der Waals surface area (Å²) in [7, 11) is 0. The number of isothiocyanates is 1. The van der Waals surface area contributed by atoms with Crippen molar-refractivity contribution >= 4 is 23.3 Å². The highest BCUT2D eigenvalue weighted by Crippen LogP contribution is 1.88. The van der Waals surface area contributed by atoms with E-state index < -0.39 is 5.97 Å². The topological polar surface area (TPSA) is 49.7 Å². The molecule has 1 N–H and O–H groups in total. The van der Waals surface area contributed by atoms with Crippen LogP contribution in [-0.4, -0.2) is 22.8 Å². The predicted molar refractivity (Wildman–Crippen MR) is 36.7 cm³/mol. The number of carbonyl (C=O) groups is 1. The molecule has 48 valence electrons. The van der Waals surface area contributed by atoms with Crippen molar-refractivity contribution in [1.82, 2.24) is 0 Å². The third-order valence-corrected chi connectivity index (χ3v) is 0.766. The van der Waals surface area contributed by atoms with Crippen LogP contribution in [0.4, 0.5) is 0 Å². The van der Waals surface area contributed by atoms with Gasteiger partial charge in [0.05, 0.1) is 17.3 Å². The molecule has 0 aliphatic heterocycles. The zero-order valence-electron chi connectivity index (χ0n) is 4.63. The summed E-state index contributed by atoms with van der Waals surface area (Å²) in [5.41, 5.74) is 0.0207. The summed E-state index contributed by atoms with van der Waals surface area (Å²) >= 11 is 4.21. The molecule has 0 atom stereocenters. The Morgan fingerprint density at radius 2 is 2.44 bits per heavy atom. The molecule has 0 rings (SSSR count). The fraction of sp³-hybridized carbons (Fsp3) is 0.200. The largest absolute Gasteiger partial charge is 0.478 e. The third-order valence-electron chi connectivity index (χ3n) is 0.637. The normalized spacial score (nSPS) is 7.56. The van der Waals surface area contributed by atoms with Crippen LogP contribution in [-0.2, 0) is 4.79 Å². The van der Waals surface area contributed by atoms with Crippen LogP contribution in [0, 0.1) is 0 Å². The van der Waals surface area contributed by atoms with Gasteiger partial charge in [0.25, 0.3) is 0 Å². The molecule has 9 heavy (non-hydrogen) atoms. The molecular weight excluding hydrogens is 138 g/mol. The van der Waals surface area contributed by atoms with Gasteiger partial charge in [-0.1, -0.05) is 6.58 Å². The molecule has 0 unspecified atom stereocenters. The van der Waals surface area contributed by atoms with Crippen LogP contribution in [0.1, 0.15) is 0 Å². The number of aliphatic carboxylic acids is 1. The molecule has 0 aromatic carbocycles. The van der Waals surface area contributed by atoms with Crippen LogP contribution in [0.2, 0.25) is 0 Å². The van der Waals surface area contributed by atoms with Gasteiger partial charge >= 0.3 is 5.97 Å². The Morgan fingerprint density at radius 1 is 1.89 bits per heavy atom. The van der Waals surface area contributed by atoms with Crippen molar-refractivity contribution < 1.29 is 9.90 Å². The summed E-state index contributed by atoms with van der Waals surface area (Å²) in [6, 6.07) is 0. The number of hydrogen-bond donors (Lipinski definition) is 1. The molecule has 0 bridgehead atoms. The van der Waals surface area contributed by atoms with Crippen molar-refractivity contribution in [3.8, 4) is 0 Å². The van der Waals surface area contributed by atoms with Crippen LogP contribution >= 0.6 is 12.2 Å². The van der Waals surface area contributed by atoms with E-state index in [1.54, 1.807) is 0 Å². The van der Waals surface area contributed by atoms with E-state index in [-0.39, 0.29) is 12.1 Å². The minimum absolute atomic E-state index is 0.0207. The Kier molecular flexibility index (Phi) is 3.51. The Bertz CT molecular complexity index is 181. The Labute approximate surface area is 57.7 Å². The highest BCUT2D eigenvalue weighted by atomic mass is 32.1. The maximum Gasteiger partial charge on any atom is 0.332 e. The Balaban J connectivity index is 3.78. The number of aliphatic imine (C=N–C) groups is 1. The van der Waals surface area contributed by atoms with Crippen LogP contribution in [0.5, 0.6) is 0 Å². The number of carboxylic acid groups (broad SMARTS) is 1. The predicted octanol–water partition coefficient (Wildman–Crippen LogP) is 0.730. The smallest absolute Gasteiger partial charge is 0.332 e. The fourth-order valence-electron chi connectivity index (χ4n) is 0.195. The molecule has 0 aliphatic rings. The summed E-state index contributed by atoms with van der Waals surface area (Å²) in [5.74, 6) is -1.05. The summed E-state index contributed by atoms with van der Waals surface area (Å²) in [4.78, 5) is 13.4. The molecule has 0 spiro atoms. The second kappa shape index (κ2) is 3.95. The number of thiocarbonyl (C=S) groups is 1. The fourth-order valence-corrected chi connectivity index (χ4v) is 0.260. The molecule has 0 saturated carbocycles. The van der Waals surface area contributed by atoms with Gasteiger partial charge in [0.2, 0.25) is 0 Å². The van der Waals surface area contributed by atoms with Crippen molar-refractivity contribution in [3.05, 3.63) is 12.2 Å². The minimum atomic E-state index is -1.05. The van der Waals surface area contributed by atoms with E-state index in [9.17, 15) is 4.79 Å². The third kappa shape index (κ3) is 3.58. The van der Waals surface area contributed by atoms with Crippen molar-refractivity contribution in [2.75, 3.05) is 6.54 Å². The second-order valence-corrected chi connectivity index (χ2v) is 1.50. The number of rotatable bonds is 3. The van der Waals surface area contributed by atoms with Crippen molar-refractivity contribution in [2.24, 2.45) is 4.99 Å². The van der Waals surface area contributed by atoms with Gasteiger partial charge in [0.1, 0.15) is 0 Å². The molecule has 0 radical (unpaired) electrons. The maximum atomic E-state index is 9.98. The average Bonchev–Trinajstić information content (AvgIpc) is 1.82. The lowest BCUT2D eigenvalue weighted by Gasteiger charge is -1.88. The lowest BCUT2D eigenvalue weighted by atomic mass is 10.3. The highest BCUT2D eigenvalue weighted by molar-refractivity contribution is 7.78. The first kappa shape index (κ1) is 8.01. The summed E-state index contributed by atoms with van der Waals surface area (Å²) in [5, 5.41) is 10.2. The van der Waals surface area contributed by atoms with Gasteiger partial charge in [-0.05, 0) is 12.2 Å². The standard InChI is InChI=1S/C5H5NO2S/c1-4(5(7)8)2-6-3-9/h1-2H2,(H,7,8). The zero-order chi connectivity index (χ0) is 7.28. The van der Waals surface area contributed by atoms with E-state index in [2.05, 4.69) is 23.8 Å². The molecule has 0 amide bonds. The SMILES string of the molecule is C=C(CN=C=S)C(=O)O. The van der Waals surface area contributed by atoms with E-state index in [1.807, 2.05) is 5.16 Å². The quantitative estimate of drug-likeness (QED) is 0.360. The molecule has 0 aliphatic carbocycles. The molecule has 0 aromatic heterocycles. The zero-order valence-corrected chi connectivity index (χ0v) is 5.44. The Hall–Kier alpha value is -0.990. The lowest BCUT2D eigenvalue weighted by Crippen LogP contribution is -2.01. The van der Waals surface area contributed by atoms with Crippen LogP contribution in [0.15, 0.2) is 17.1 Å². The van der Waals surface area contributed by atoms with Crippen LogP contribution in [0.25, 0.3) is 0 Å². The van der Waals surface area contributed by atoms with Crippen molar-refractivity contribution in [1.29, 1.82) is 0 Å². The molecule has 4 heteroatoms. The van der Waals surface area contributed by atoms with Gasteiger partial charge < -0.3 is 5.11 Å². The lowest BCUT2D eigenvalue weighted by molar-refractivity contribution is -0.132. The minimum Gasteiger partial charge on any atom is -0.478 e. The van der Waals surface area contributed by atoms with E-state index in [4.69, 9.17) is 5.11 Å². The maximum absolute atomic E-state index is 9.98. The molecule has 0 heterocycles.